The van der Waals surface area contributed by atoms with E-state index in [1.807, 2.05) is 0 Å². The predicted octanol–water partition coefficient (Wildman–Crippen LogP) is 2.20. The van der Waals surface area contributed by atoms with Crippen LogP contribution in [0.15, 0.2) is 0 Å². The number of hydrogen-bond acceptors (Lipinski definition) is 3. The Morgan fingerprint density at radius 1 is 1.38 bits per heavy atom. The third-order valence-electron chi connectivity index (χ3n) is 4.53. The van der Waals surface area contributed by atoms with E-state index in [-0.39, 0.29) is 0 Å². The van der Waals surface area contributed by atoms with Gasteiger partial charge in [-0.3, -0.25) is 0 Å². The van der Waals surface area contributed by atoms with Crippen molar-refractivity contribution in [1.82, 2.24) is 10.2 Å². The van der Waals surface area contributed by atoms with Gasteiger partial charge in [0.25, 0.3) is 0 Å². The first-order valence-corrected chi connectivity index (χ1v) is 7.90. The molecule has 0 bridgehead atoms. The first-order valence-electron chi connectivity index (χ1n) is 6.74. The highest BCUT2D eigenvalue weighted by Gasteiger charge is 2.33. The third kappa shape index (κ3) is 2.93. The van der Waals surface area contributed by atoms with Gasteiger partial charge < -0.3 is 10.2 Å². The van der Waals surface area contributed by atoms with Gasteiger partial charge in [-0.2, -0.15) is 11.8 Å². The fourth-order valence-electron chi connectivity index (χ4n) is 3.11. The van der Waals surface area contributed by atoms with Gasteiger partial charge in [0.15, 0.2) is 0 Å². The summed E-state index contributed by atoms with van der Waals surface area (Å²) in [4.78, 5) is 2.65. The van der Waals surface area contributed by atoms with Gasteiger partial charge in [0.1, 0.15) is 0 Å². The van der Waals surface area contributed by atoms with Crippen LogP contribution in [0.5, 0.6) is 0 Å². The predicted molar refractivity (Wildman–Crippen MR) is 73.2 cm³/mol. The van der Waals surface area contributed by atoms with Crippen LogP contribution in [-0.2, 0) is 0 Å². The molecule has 0 saturated carbocycles. The molecule has 2 rings (SSSR count). The number of thioether (sulfide) groups is 1. The smallest absolute Gasteiger partial charge is 0.0191 e. The van der Waals surface area contributed by atoms with Crippen molar-refractivity contribution in [2.24, 2.45) is 5.41 Å². The zero-order valence-electron chi connectivity index (χ0n) is 10.8. The molecule has 2 aliphatic heterocycles. The maximum Gasteiger partial charge on any atom is 0.0191 e. The zero-order valence-corrected chi connectivity index (χ0v) is 11.6. The van der Waals surface area contributed by atoms with Crippen molar-refractivity contribution in [3.05, 3.63) is 0 Å². The number of rotatable bonds is 4. The van der Waals surface area contributed by atoms with E-state index in [1.54, 1.807) is 0 Å². The Kier molecular flexibility index (Phi) is 4.57. The quantitative estimate of drug-likeness (QED) is 0.814. The number of piperidine rings is 1. The van der Waals surface area contributed by atoms with E-state index in [0.717, 1.165) is 6.04 Å². The Morgan fingerprint density at radius 2 is 2.12 bits per heavy atom. The van der Waals surface area contributed by atoms with Crippen molar-refractivity contribution in [1.29, 1.82) is 0 Å². The highest BCUT2D eigenvalue weighted by Crippen LogP contribution is 2.34. The Balaban J connectivity index is 1.89. The van der Waals surface area contributed by atoms with Gasteiger partial charge in [-0.15, -0.1) is 0 Å². The van der Waals surface area contributed by atoms with Crippen LogP contribution in [0.2, 0.25) is 0 Å². The van der Waals surface area contributed by atoms with Gasteiger partial charge >= 0.3 is 0 Å². The standard InChI is InChI=1S/C13H26N2S/c1-3-13(5-7-14-8-6-13)11-15(2)12-4-9-16-10-12/h12,14H,3-11H2,1-2H3. The van der Waals surface area contributed by atoms with Crippen LogP contribution < -0.4 is 5.32 Å². The topological polar surface area (TPSA) is 15.3 Å². The molecule has 0 aromatic rings. The summed E-state index contributed by atoms with van der Waals surface area (Å²) in [5.74, 6) is 2.73. The van der Waals surface area contributed by atoms with E-state index in [1.165, 1.54) is 56.8 Å². The molecule has 1 atom stereocenters. The SMILES string of the molecule is CCC1(CN(C)C2CCSC2)CCNCC1. The van der Waals surface area contributed by atoms with E-state index >= 15 is 0 Å². The van der Waals surface area contributed by atoms with Crippen LogP contribution in [0.1, 0.15) is 32.6 Å². The lowest BCUT2D eigenvalue weighted by Crippen LogP contribution is -2.46. The van der Waals surface area contributed by atoms with E-state index in [2.05, 4.69) is 35.9 Å². The van der Waals surface area contributed by atoms with E-state index in [0.29, 0.717) is 5.41 Å². The molecule has 0 aromatic carbocycles. The molecule has 1 unspecified atom stereocenters. The maximum atomic E-state index is 3.49. The third-order valence-corrected chi connectivity index (χ3v) is 5.67. The van der Waals surface area contributed by atoms with Crippen LogP contribution in [-0.4, -0.2) is 49.1 Å². The number of nitrogens with one attached hydrogen (secondary N) is 1. The normalized spacial score (nSPS) is 29.8. The summed E-state index contributed by atoms with van der Waals surface area (Å²) in [6.07, 6.45) is 5.49. The van der Waals surface area contributed by atoms with E-state index in [4.69, 9.17) is 0 Å². The molecule has 94 valence electrons. The fraction of sp³-hybridized carbons (Fsp3) is 1.00. The molecule has 2 heterocycles. The van der Waals surface area contributed by atoms with Crippen LogP contribution >= 0.6 is 11.8 Å². The molecular formula is C13H26N2S. The molecule has 1 N–H and O–H groups in total. The first kappa shape index (κ1) is 12.7. The second kappa shape index (κ2) is 5.74. The van der Waals surface area contributed by atoms with Crippen LogP contribution in [0.25, 0.3) is 0 Å². The summed E-state index contributed by atoms with van der Waals surface area (Å²) >= 11 is 2.13. The summed E-state index contributed by atoms with van der Waals surface area (Å²) in [5, 5.41) is 3.49. The largest absolute Gasteiger partial charge is 0.317 e. The molecule has 2 saturated heterocycles. The van der Waals surface area contributed by atoms with Gasteiger partial charge in [-0.05, 0) is 57.0 Å². The molecule has 2 aliphatic rings. The van der Waals surface area contributed by atoms with Crippen molar-refractivity contribution in [3.8, 4) is 0 Å². The molecular weight excluding hydrogens is 216 g/mol. The summed E-state index contributed by atoms with van der Waals surface area (Å²) < 4.78 is 0. The minimum absolute atomic E-state index is 0.604. The second-order valence-electron chi connectivity index (χ2n) is 5.54. The Morgan fingerprint density at radius 3 is 2.69 bits per heavy atom. The van der Waals surface area contributed by atoms with Gasteiger partial charge in [0.05, 0.1) is 0 Å². The average molecular weight is 242 g/mol. The number of nitrogens with zero attached hydrogens (tertiary/aromatic N) is 1. The van der Waals surface area contributed by atoms with E-state index in [9.17, 15) is 0 Å². The minimum atomic E-state index is 0.604. The lowest BCUT2D eigenvalue weighted by molar-refractivity contribution is 0.103. The lowest BCUT2D eigenvalue weighted by atomic mass is 9.76. The minimum Gasteiger partial charge on any atom is -0.317 e. The zero-order chi connectivity index (χ0) is 11.4. The van der Waals surface area contributed by atoms with Crippen molar-refractivity contribution in [3.63, 3.8) is 0 Å². The van der Waals surface area contributed by atoms with Crippen LogP contribution in [0.4, 0.5) is 0 Å². The fourth-order valence-corrected chi connectivity index (χ4v) is 4.41. The second-order valence-corrected chi connectivity index (χ2v) is 6.69. The van der Waals surface area contributed by atoms with Crippen molar-refractivity contribution in [2.75, 3.05) is 38.2 Å². The highest BCUT2D eigenvalue weighted by molar-refractivity contribution is 7.99. The molecule has 0 amide bonds. The molecule has 0 spiro atoms. The molecule has 0 aromatic heterocycles. The summed E-state index contributed by atoms with van der Waals surface area (Å²) in [5.41, 5.74) is 0.604. The Bertz CT molecular complexity index is 208. The van der Waals surface area contributed by atoms with Crippen molar-refractivity contribution in [2.45, 2.75) is 38.6 Å². The van der Waals surface area contributed by atoms with Gasteiger partial charge in [-0.25, -0.2) is 0 Å². The van der Waals surface area contributed by atoms with Gasteiger partial charge in [0.2, 0.25) is 0 Å². The summed E-state index contributed by atoms with van der Waals surface area (Å²) in [6.45, 7) is 6.14. The molecule has 0 aliphatic carbocycles. The van der Waals surface area contributed by atoms with Crippen molar-refractivity contribution >= 4 is 11.8 Å². The number of hydrogen-bond donors (Lipinski definition) is 1. The van der Waals surface area contributed by atoms with E-state index < -0.39 is 0 Å². The van der Waals surface area contributed by atoms with Crippen LogP contribution in [0, 0.1) is 5.41 Å². The molecule has 0 radical (unpaired) electrons. The lowest BCUT2D eigenvalue weighted by Gasteiger charge is -2.41. The maximum absolute atomic E-state index is 3.49. The van der Waals surface area contributed by atoms with Crippen molar-refractivity contribution < 1.29 is 0 Å². The Hall–Kier alpha value is 0.270. The Labute approximate surface area is 105 Å². The molecule has 2 fully saturated rings. The monoisotopic (exact) mass is 242 g/mol. The first-order chi connectivity index (χ1) is 7.76. The highest BCUT2D eigenvalue weighted by atomic mass is 32.2. The molecule has 16 heavy (non-hydrogen) atoms. The summed E-state index contributed by atoms with van der Waals surface area (Å²) in [6, 6.07) is 0.850. The van der Waals surface area contributed by atoms with Gasteiger partial charge in [0, 0.05) is 18.3 Å². The van der Waals surface area contributed by atoms with Gasteiger partial charge in [-0.1, -0.05) is 6.92 Å². The summed E-state index contributed by atoms with van der Waals surface area (Å²) in [7, 11) is 2.34. The molecule has 3 heteroatoms. The molecule has 2 nitrogen and oxygen atoms in total. The van der Waals surface area contributed by atoms with Crippen LogP contribution in [0.3, 0.4) is 0 Å². The average Bonchev–Trinajstić information content (AvgIpc) is 2.84.